The molecule has 0 spiro atoms. The molecule has 0 bridgehead atoms. The first kappa shape index (κ1) is 11.2. The van der Waals surface area contributed by atoms with Crippen LogP contribution in [-0.2, 0) is 0 Å². The highest BCUT2D eigenvalue weighted by Gasteiger charge is 2.11. The zero-order valence-corrected chi connectivity index (χ0v) is 9.91. The Morgan fingerprint density at radius 1 is 1.06 bits per heavy atom. The van der Waals surface area contributed by atoms with E-state index in [2.05, 4.69) is 19.1 Å². The van der Waals surface area contributed by atoms with Gasteiger partial charge < -0.3 is 5.73 Å². The summed E-state index contributed by atoms with van der Waals surface area (Å²) in [5.41, 5.74) is 9.47. The second kappa shape index (κ2) is 4.69. The van der Waals surface area contributed by atoms with Crippen LogP contribution in [0.1, 0.15) is 22.7 Å². The van der Waals surface area contributed by atoms with Gasteiger partial charge in [0.25, 0.3) is 0 Å². The standard InChI is InChI=1S/C14H14ClN/c1-10-5-4-6-11(9-10)14(16)12-7-2-3-8-13(12)15/h2-9,14H,16H2,1H3. The lowest BCUT2D eigenvalue weighted by Gasteiger charge is -2.14. The molecule has 0 radical (unpaired) electrons. The van der Waals surface area contributed by atoms with Gasteiger partial charge in [-0.3, -0.25) is 0 Å². The highest BCUT2D eigenvalue weighted by molar-refractivity contribution is 6.31. The van der Waals surface area contributed by atoms with Crippen LogP contribution in [0.5, 0.6) is 0 Å². The van der Waals surface area contributed by atoms with Gasteiger partial charge in [-0.25, -0.2) is 0 Å². The van der Waals surface area contributed by atoms with E-state index in [-0.39, 0.29) is 6.04 Å². The van der Waals surface area contributed by atoms with E-state index in [9.17, 15) is 0 Å². The van der Waals surface area contributed by atoms with Gasteiger partial charge in [0, 0.05) is 5.02 Å². The number of hydrogen-bond donors (Lipinski definition) is 1. The number of hydrogen-bond acceptors (Lipinski definition) is 1. The first-order chi connectivity index (χ1) is 7.68. The lowest BCUT2D eigenvalue weighted by atomic mass is 9.98. The fourth-order valence-corrected chi connectivity index (χ4v) is 2.02. The van der Waals surface area contributed by atoms with E-state index >= 15 is 0 Å². The van der Waals surface area contributed by atoms with Crippen LogP contribution in [0.3, 0.4) is 0 Å². The zero-order chi connectivity index (χ0) is 11.5. The van der Waals surface area contributed by atoms with Gasteiger partial charge in [0.2, 0.25) is 0 Å². The summed E-state index contributed by atoms with van der Waals surface area (Å²) in [5, 5.41) is 0.719. The summed E-state index contributed by atoms with van der Waals surface area (Å²) in [5.74, 6) is 0. The number of halogens is 1. The molecule has 1 atom stereocenters. The monoisotopic (exact) mass is 231 g/mol. The molecule has 2 aromatic rings. The molecule has 0 aliphatic heterocycles. The zero-order valence-electron chi connectivity index (χ0n) is 9.15. The van der Waals surface area contributed by atoms with Crippen molar-refractivity contribution in [2.45, 2.75) is 13.0 Å². The molecule has 0 heterocycles. The van der Waals surface area contributed by atoms with Crippen molar-refractivity contribution in [2.75, 3.05) is 0 Å². The summed E-state index contributed by atoms with van der Waals surface area (Å²) in [4.78, 5) is 0. The quantitative estimate of drug-likeness (QED) is 0.838. The number of benzene rings is 2. The average molecular weight is 232 g/mol. The van der Waals surface area contributed by atoms with Crippen molar-refractivity contribution in [3.8, 4) is 0 Å². The molecule has 82 valence electrons. The van der Waals surface area contributed by atoms with Gasteiger partial charge in [-0.2, -0.15) is 0 Å². The predicted octanol–water partition coefficient (Wildman–Crippen LogP) is 3.70. The summed E-state index contributed by atoms with van der Waals surface area (Å²) in [7, 11) is 0. The largest absolute Gasteiger partial charge is 0.320 e. The molecule has 0 aliphatic carbocycles. The Morgan fingerprint density at radius 3 is 2.50 bits per heavy atom. The van der Waals surface area contributed by atoms with E-state index < -0.39 is 0 Å². The van der Waals surface area contributed by atoms with Gasteiger partial charge >= 0.3 is 0 Å². The van der Waals surface area contributed by atoms with Crippen molar-refractivity contribution in [2.24, 2.45) is 5.73 Å². The Kier molecular flexibility index (Phi) is 3.28. The maximum atomic E-state index is 6.20. The summed E-state index contributed by atoms with van der Waals surface area (Å²) in [6, 6.07) is 15.7. The minimum atomic E-state index is -0.159. The minimum Gasteiger partial charge on any atom is -0.320 e. The Balaban J connectivity index is 2.39. The van der Waals surface area contributed by atoms with Crippen molar-refractivity contribution in [1.82, 2.24) is 0 Å². The van der Waals surface area contributed by atoms with Crippen molar-refractivity contribution in [1.29, 1.82) is 0 Å². The third-order valence-corrected chi connectivity index (χ3v) is 2.99. The Hall–Kier alpha value is -1.31. The van der Waals surface area contributed by atoms with Gasteiger partial charge in [0.1, 0.15) is 0 Å². The molecule has 1 nitrogen and oxygen atoms in total. The van der Waals surface area contributed by atoms with Crippen molar-refractivity contribution < 1.29 is 0 Å². The van der Waals surface area contributed by atoms with E-state index in [1.807, 2.05) is 36.4 Å². The summed E-state index contributed by atoms with van der Waals surface area (Å²) >= 11 is 6.13. The van der Waals surface area contributed by atoms with Crippen molar-refractivity contribution >= 4 is 11.6 Å². The van der Waals surface area contributed by atoms with Crippen LogP contribution in [0, 0.1) is 6.92 Å². The van der Waals surface area contributed by atoms with Gasteiger partial charge in [-0.15, -0.1) is 0 Å². The maximum Gasteiger partial charge on any atom is 0.0566 e. The van der Waals surface area contributed by atoms with Gasteiger partial charge in [0.05, 0.1) is 6.04 Å². The van der Waals surface area contributed by atoms with Gasteiger partial charge in [0.15, 0.2) is 0 Å². The molecular weight excluding hydrogens is 218 g/mol. The summed E-state index contributed by atoms with van der Waals surface area (Å²) in [6.45, 7) is 2.06. The highest BCUT2D eigenvalue weighted by Crippen LogP contribution is 2.26. The Morgan fingerprint density at radius 2 is 1.81 bits per heavy atom. The summed E-state index contributed by atoms with van der Waals surface area (Å²) < 4.78 is 0. The van der Waals surface area contributed by atoms with Crippen LogP contribution >= 0.6 is 11.6 Å². The molecule has 0 saturated heterocycles. The molecule has 2 rings (SSSR count). The van der Waals surface area contributed by atoms with Crippen LogP contribution in [-0.4, -0.2) is 0 Å². The lowest BCUT2D eigenvalue weighted by molar-refractivity contribution is 0.870. The molecule has 2 N–H and O–H groups in total. The van der Waals surface area contributed by atoms with Gasteiger partial charge in [-0.1, -0.05) is 59.6 Å². The highest BCUT2D eigenvalue weighted by atomic mass is 35.5. The average Bonchev–Trinajstić information content (AvgIpc) is 2.29. The fourth-order valence-electron chi connectivity index (χ4n) is 1.77. The van der Waals surface area contributed by atoms with Crippen LogP contribution in [0.4, 0.5) is 0 Å². The topological polar surface area (TPSA) is 26.0 Å². The second-order valence-electron chi connectivity index (χ2n) is 3.91. The van der Waals surface area contributed by atoms with E-state index in [1.54, 1.807) is 0 Å². The second-order valence-corrected chi connectivity index (χ2v) is 4.32. The minimum absolute atomic E-state index is 0.159. The van der Waals surface area contributed by atoms with Crippen LogP contribution < -0.4 is 5.73 Å². The smallest absolute Gasteiger partial charge is 0.0566 e. The number of nitrogens with two attached hydrogens (primary N) is 1. The molecule has 2 aromatic carbocycles. The van der Waals surface area contributed by atoms with Crippen LogP contribution in [0.25, 0.3) is 0 Å². The van der Waals surface area contributed by atoms with Crippen LogP contribution in [0.15, 0.2) is 48.5 Å². The first-order valence-corrected chi connectivity index (χ1v) is 5.63. The third kappa shape index (κ3) is 2.26. The Bertz CT molecular complexity index is 494. The molecule has 0 aromatic heterocycles. The molecule has 0 amide bonds. The van der Waals surface area contributed by atoms with E-state index in [0.29, 0.717) is 0 Å². The molecule has 16 heavy (non-hydrogen) atoms. The van der Waals surface area contributed by atoms with E-state index in [4.69, 9.17) is 17.3 Å². The van der Waals surface area contributed by atoms with Crippen LogP contribution in [0.2, 0.25) is 5.02 Å². The summed E-state index contributed by atoms with van der Waals surface area (Å²) in [6.07, 6.45) is 0. The third-order valence-electron chi connectivity index (χ3n) is 2.64. The maximum absolute atomic E-state index is 6.20. The molecule has 2 heteroatoms. The van der Waals surface area contributed by atoms with E-state index in [0.717, 1.165) is 16.1 Å². The number of aryl methyl sites for hydroxylation is 1. The molecular formula is C14H14ClN. The Labute approximate surface area is 101 Å². The molecule has 0 fully saturated rings. The molecule has 1 unspecified atom stereocenters. The lowest BCUT2D eigenvalue weighted by Crippen LogP contribution is -2.12. The number of rotatable bonds is 2. The van der Waals surface area contributed by atoms with Crippen molar-refractivity contribution in [3.63, 3.8) is 0 Å². The molecule has 0 saturated carbocycles. The normalized spacial score (nSPS) is 12.4. The first-order valence-electron chi connectivity index (χ1n) is 5.25. The van der Waals surface area contributed by atoms with Crippen molar-refractivity contribution in [3.05, 3.63) is 70.2 Å². The predicted molar refractivity (Wildman–Crippen MR) is 68.7 cm³/mol. The van der Waals surface area contributed by atoms with E-state index in [1.165, 1.54) is 5.56 Å². The van der Waals surface area contributed by atoms with Gasteiger partial charge in [-0.05, 0) is 24.1 Å². The molecule has 0 aliphatic rings. The SMILES string of the molecule is Cc1cccc(C(N)c2ccccc2Cl)c1. The fraction of sp³-hybridized carbons (Fsp3) is 0.143.